The minimum atomic E-state index is -4.47. The van der Waals surface area contributed by atoms with Gasteiger partial charge in [-0.2, -0.15) is 18.3 Å². The summed E-state index contributed by atoms with van der Waals surface area (Å²) < 4.78 is 67.2. The van der Waals surface area contributed by atoms with E-state index in [9.17, 15) is 36.3 Å². The van der Waals surface area contributed by atoms with Crippen LogP contribution in [-0.2, 0) is 27.5 Å². The monoisotopic (exact) mass is 581 g/mol. The van der Waals surface area contributed by atoms with Gasteiger partial charge >= 0.3 is 12.3 Å². The van der Waals surface area contributed by atoms with Gasteiger partial charge in [-0.25, -0.2) is 22.9 Å². The number of carboxylic acid groups (broad SMARTS) is 1. The van der Waals surface area contributed by atoms with E-state index in [-0.39, 0.29) is 11.6 Å². The molecule has 0 saturated heterocycles. The van der Waals surface area contributed by atoms with Crippen LogP contribution in [-0.4, -0.2) is 63.7 Å². The summed E-state index contributed by atoms with van der Waals surface area (Å²) in [6.45, 7) is 6.10. The van der Waals surface area contributed by atoms with E-state index in [1.54, 1.807) is 33.0 Å². The maximum absolute atomic E-state index is 13.0. The number of halogens is 3. The van der Waals surface area contributed by atoms with E-state index in [2.05, 4.69) is 14.8 Å². The molecular formula is C26H30F3N5O5S. The van der Waals surface area contributed by atoms with Gasteiger partial charge in [-0.05, 0) is 42.7 Å². The fraction of sp³-hybridized carbons (Fsp3) is 0.385. The van der Waals surface area contributed by atoms with Gasteiger partial charge < -0.3 is 5.11 Å². The van der Waals surface area contributed by atoms with Gasteiger partial charge in [0.25, 0.3) is 10.0 Å². The minimum Gasteiger partial charge on any atom is -0.465 e. The van der Waals surface area contributed by atoms with E-state index >= 15 is 0 Å². The zero-order valence-corrected chi connectivity index (χ0v) is 23.1. The Morgan fingerprint density at radius 2 is 1.73 bits per heavy atom. The van der Waals surface area contributed by atoms with Crippen LogP contribution in [0.15, 0.2) is 66.0 Å². The van der Waals surface area contributed by atoms with Gasteiger partial charge in [0.1, 0.15) is 0 Å². The molecule has 0 unspecified atom stereocenters. The van der Waals surface area contributed by atoms with Crippen molar-refractivity contribution in [1.82, 2.24) is 24.4 Å². The number of hydrogen-bond acceptors (Lipinski definition) is 6. The van der Waals surface area contributed by atoms with Crippen molar-refractivity contribution in [2.24, 2.45) is 5.41 Å². The van der Waals surface area contributed by atoms with Crippen LogP contribution < -0.4 is 4.72 Å². The summed E-state index contributed by atoms with van der Waals surface area (Å²) in [6, 6.07) is 8.35. The van der Waals surface area contributed by atoms with E-state index in [1.807, 2.05) is 0 Å². The van der Waals surface area contributed by atoms with Crippen LogP contribution in [0.2, 0.25) is 0 Å². The Morgan fingerprint density at radius 1 is 1.07 bits per heavy atom. The van der Waals surface area contributed by atoms with Gasteiger partial charge in [0.2, 0.25) is 0 Å². The number of carbonyl (C=O) groups is 2. The Bertz CT molecular complexity index is 1440. The summed E-state index contributed by atoms with van der Waals surface area (Å²) in [4.78, 5) is 30.1. The molecule has 2 aromatic heterocycles. The highest BCUT2D eigenvalue weighted by Crippen LogP contribution is 2.31. The predicted molar refractivity (Wildman–Crippen MR) is 140 cm³/mol. The van der Waals surface area contributed by atoms with Crippen molar-refractivity contribution in [3.63, 3.8) is 0 Å². The number of sulfonamides is 1. The van der Waals surface area contributed by atoms with Crippen LogP contribution in [0.4, 0.5) is 18.0 Å². The number of benzene rings is 1. The lowest BCUT2D eigenvalue weighted by molar-refractivity contribution is -0.137. The smallest absolute Gasteiger partial charge is 0.416 e. The number of nitrogens with one attached hydrogen (secondary N) is 1. The van der Waals surface area contributed by atoms with Crippen LogP contribution in [0.5, 0.6) is 0 Å². The number of aromatic nitrogens is 3. The maximum Gasteiger partial charge on any atom is 0.416 e. The summed E-state index contributed by atoms with van der Waals surface area (Å²) in [5.41, 5.74) is -0.656. The number of Topliss-reactive ketones (excluding diaryl/α,β-unsaturated/α-hetero) is 1. The molecule has 0 fully saturated rings. The molecule has 2 atom stereocenters. The van der Waals surface area contributed by atoms with Gasteiger partial charge in [-0.3, -0.25) is 14.4 Å². The number of alkyl halides is 3. The van der Waals surface area contributed by atoms with Gasteiger partial charge in [0.05, 0.1) is 36.4 Å². The van der Waals surface area contributed by atoms with Gasteiger partial charge in [0, 0.05) is 18.0 Å². The topological polar surface area (TPSA) is 134 Å². The Labute approximate surface area is 229 Å². The third kappa shape index (κ3) is 7.45. The van der Waals surface area contributed by atoms with Crippen molar-refractivity contribution in [1.29, 1.82) is 0 Å². The van der Waals surface area contributed by atoms with Gasteiger partial charge in [0.15, 0.2) is 10.8 Å². The second kappa shape index (κ2) is 11.8. The lowest BCUT2D eigenvalue weighted by Gasteiger charge is -2.41. The van der Waals surface area contributed by atoms with Crippen molar-refractivity contribution >= 4 is 21.9 Å². The van der Waals surface area contributed by atoms with Crippen LogP contribution in [0.1, 0.15) is 33.3 Å². The van der Waals surface area contributed by atoms with Crippen molar-refractivity contribution in [3.05, 3.63) is 66.5 Å². The summed E-state index contributed by atoms with van der Waals surface area (Å²) in [5.74, 6) is -0.679. The highest BCUT2D eigenvalue weighted by atomic mass is 32.2. The Balaban J connectivity index is 1.80. The molecule has 3 rings (SSSR count). The molecule has 1 aromatic carbocycles. The van der Waals surface area contributed by atoms with E-state index in [1.165, 1.54) is 48.1 Å². The number of pyridine rings is 1. The Kier molecular flexibility index (Phi) is 9.04. The highest BCUT2D eigenvalue weighted by molar-refractivity contribution is 7.89. The van der Waals surface area contributed by atoms with E-state index in [0.717, 1.165) is 17.0 Å². The number of carbonyl (C=O) groups excluding carboxylic acids is 1. The van der Waals surface area contributed by atoms with Gasteiger partial charge in [-0.1, -0.05) is 39.0 Å². The predicted octanol–water partition coefficient (Wildman–Crippen LogP) is 4.29. The quantitative estimate of drug-likeness (QED) is 0.365. The molecule has 14 heteroatoms. The third-order valence-electron chi connectivity index (χ3n) is 6.30. The summed E-state index contributed by atoms with van der Waals surface area (Å²) in [6.07, 6.45) is -3.00. The second-order valence-corrected chi connectivity index (χ2v) is 11.9. The summed E-state index contributed by atoms with van der Waals surface area (Å²) in [5, 5.41) is 14.2. The van der Waals surface area contributed by atoms with Gasteiger partial charge in [-0.15, -0.1) is 0 Å². The Hall–Kier alpha value is -3.78. The molecule has 0 spiro atoms. The number of ketones is 1. The number of hydrogen-bond donors (Lipinski definition) is 2. The van der Waals surface area contributed by atoms with E-state index in [0.29, 0.717) is 11.3 Å². The molecule has 2 N–H and O–H groups in total. The molecular weight excluding hydrogens is 551 g/mol. The Morgan fingerprint density at radius 3 is 2.25 bits per heavy atom. The summed E-state index contributed by atoms with van der Waals surface area (Å²) >= 11 is 0. The second-order valence-electron chi connectivity index (χ2n) is 10.2. The van der Waals surface area contributed by atoms with E-state index in [4.69, 9.17) is 0 Å². The lowest BCUT2D eigenvalue weighted by atomic mass is 9.84. The maximum atomic E-state index is 13.0. The first-order valence-corrected chi connectivity index (χ1v) is 13.6. The molecule has 40 heavy (non-hydrogen) atoms. The fourth-order valence-electron chi connectivity index (χ4n) is 4.02. The standard InChI is InChI=1S/C26H30F3N5O5S/c1-17(21(35)15-31-40(38,39)23-7-5-6-13-30-23)34(24(36)37)22(25(2,3)4)16-33-14-12-20(32-33)18-8-10-19(11-9-18)26(27,28)29/h5-14,17,22,31H,15-16H2,1-4H3,(H,36,37)/t17-,22+/m0/s1. The first kappa shape index (κ1) is 30.8. The molecule has 0 aliphatic heterocycles. The van der Waals surface area contributed by atoms with E-state index < -0.39 is 57.7 Å². The van der Waals surface area contributed by atoms with Crippen LogP contribution in [0.3, 0.4) is 0 Å². The third-order valence-corrected chi connectivity index (χ3v) is 7.61. The molecule has 0 aliphatic rings. The molecule has 0 aliphatic carbocycles. The largest absolute Gasteiger partial charge is 0.465 e. The van der Waals surface area contributed by atoms with Crippen LogP contribution in [0, 0.1) is 5.41 Å². The van der Waals surface area contributed by atoms with Crippen LogP contribution >= 0.6 is 0 Å². The molecule has 1 amide bonds. The molecule has 216 valence electrons. The minimum absolute atomic E-state index is 0.0215. The number of amides is 1. The average Bonchev–Trinajstić information content (AvgIpc) is 3.35. The highest BCUT2D eigenvalue weighted by Gasteiger charge is 2.39. The van der Waals surface area contributed by atoms with Crippen molar-refractivity contribution in [2.45, 2.75) is 57.5 Å². The van der Waals surface area contributed by atoms with Crippen molar-refractivity contribution in [3.8, 4) is 11.3 Å². The zero-order valence-electron chi connectivity index (χ0n) is 22.3. The molecule has 2 heterocycles. The first-order valence-electron chi connectivity index (χ1n) is 12.2. The lowest BCUT2D eigenvalue weighted by Crippen LogP contribution is -2.56. The number of nitrogens with zero attached hydrogens (tertiary/aromatic N) is 4. The first-order chi connectivity index (χ1) is 18.5. The van der Waals surface area contributed by atoms with Crippen LogP contribution in [0.25, 0.3) is 11.3 Å². The average molecular weight is 582 g/mol. The fourth-order valence-corrected chi connectivity index (χ4v) is 4.96. The van der Waals surface area contributed by atoms with Crippen molar-refractivity contribution in [2.75, 3.05) is 6.54 Å². The molecule has 0 radical (unpaired) electrons. The normalized spacial score (nSPS) is 14.0. The molecule has 3 aromatic rings. The SMILES string of the molecule is C[C@@H](C(=O)CNS(=O)(=O)c1ccccn1)N(C(=O)O)[C@H](Cn1ccc(-c2ccc(C(F)(F)F)cc2)n1)C(C)(C)C. The zero-order chi connectivity index (χ0) is 29.9. The molecule has 0 bridgehead atoms. The summed E-state index contributed by atoms with van der Waals surface area (Å²) in [7, 11) is -4.09. The number of rotatable bonds is 10. The molecule has 10 nitrogen and oxygen atoms in total. The molecule has 0 saturated carbocycles. The van der Waals surface area contributed by atoms with Crippen molar-refractivity contribution < 1.29 is 36.3 Å².